The van der Waals surface area contributed by atoms with Crippen molar-refractivity contribution in [2.45, 2.75) is 19.4 Å². The Morgan fingerprint density at radius 3 is 2.55 bits per heavy atom. The molecule has 0 saturated carbocycles. The lowest BCUT2D eigenvalue weighted by Crippen LogP contribution is -2.21. The molecule has 1 atom stereocenters. The molecule has 0 fully saturated rings. The van der Waals surface area contributed by atoms with E-state index in [0.717, 1.165) is 0 Å². The molecule has 0 aliphatic rings. The normalized spacial score (nSPS) is 13.9. The summed E-state index contributed by atoms with van der Waals surface area (Å²) < 4.78 is 21.9. The van der Waals surface area contributed by atoms with Gasteiger partial charge in [0.2, 0.25) is 0 Å². The summed E-state index contributed by atoms with van der Waals surface area (Å²) in [7, 11) is -3.04. The lowest BCUT2D eigenvalue weighted by Gasteiger charge is -2.03. The molecule has 0 amide bonds. The molecule has 11 heavy (non-hydrogen) atoms. The first kappa shape index (κ1) is 10.5. The number of nitrogens with two attached hydrogens (primary N) is 1. The maximum atomic E-state index is 10.9. The smallest absolute Gasteiger partial charge is 0.161 e. The Morgan fingerprint density at radius 1 is 1.64 bits per heavy atom. The molecule has 0 aliphatic carbocycles. The van der Waals surface area contributed by atoms with E-state index in [2.05, 4.69) is 5.92 Å². The van der Waals surface area contributed by atoms with Crippen LogP contribution in [0.15, 0.2) is 0 Å². The van der Waals surface area contributed by atoms with Crippen molar-refractivity contribution in [3.8, 4) is 12.3 Å². The van der Waals surface area contributed by atoms with Crippen LogP contribution in [-0.4, -0.2) is 26.0 Å². The van der Waals surface area contributed by atoms with Crippen LogP contribution in [0.3, 0.4) is 0 Å². The Morgan fingerprint density at radius 2 is 2.18 bits per heavy atom. The summed E-state index contributed by atoms with van der Waals surface area (Å²) in [4.78, 5) is 0. The minimum absolute atomic E-state index is 0.0810. The third-order valence-electron chi connectivity index (χ3n) is 1.19. The van der Waals surface area contributed by atoms with E-state index < -0.39 is 9.84 Å². The van der Waals surface area contributed by atoms with Crippen LogP contribution in [-0.2, 0) is 9.84 Å². The van der Waals surface area contributed by atoms with Gasteiger partial charge in [0.25, 0.3) is 0 Å². The zero-order valence-electron chi connectivity index (χ0n) is 6.58. The quantitative estimate of drug-likeness (QED) is 0.600. The van der Waals surface area contributed by atoms with Gasteiger partial charge in [-0.1, -0.05) is 5.92 Å². The Hall–Kier alpha value is -0.530. The van der Waals surface area contributed by atoms with E-state index in [9.17, 15) is 8.42 Å². The largest absolute Gasteiger partial charge is 0.328 e. The van der Waals surface area contributed by atoms with E-state index in [1.807, 2.05) is 0 Å². The molecule has 0 bridgehead atoms. The van der Waals surface area contributed by atoms with Gasteiger partial charge in [0.05, 0.1) is 5.75 Å². The van der Waals surface area contributed by atoms with Crippen LogP contribution in [0.4, 0.5) is 0 Å². The highest BCUT2D eigenvalue weighted by Crippen LogP contribution is 1.95. The minimum atomic E-state index is -3.04. The van der Waals surface area contributed by atoms with Crippen molar-refractivity contribution in [2.75, 3.05) is 11.5 Å². The summed E-state index contributed by atoms with van der Waals surface area (Å²) in [5.74, 6) is 2.01. The average Bonchev–Trinajstić information content (AvgIpc) is 1.84. The molecule has 0 aromatic heterocycles. The summed E-state index contributed by atoms with van der Waals surface area (Å²) in [6.45, 7) is 1.77. The minimum Gasteiger partial charge on any atom is -0.328 e. The zero-order valence-corrected chi connectivity index (χ0v) is 7.39. The number of rotatable bonds is 4. The molecule has 0 aromatic rings. The van der Waals surface area contributed by atoms with Gasteiger partial charge in [-0.15, -0.1) is 6.42 Å². The van der Waals surface area contributed by atoms with Crippen LogP contribution < -0.4 is 5.73 Å². The zero-order chi connectivity index (χ0) is 8.91. The molecule has 1 unspecified atom stereocenters. The van der Waals surface area contributed by atoms with E-state index in [0.29, 0.717) is 6.42 Å². The fraction of sp³-hybridized carbons (Fsp3) is 0.714. The average molecular weight is 175 g/mol. The standard InChI is InChI=1S/C7H13NO2S/c1-3-5-11(9,10)6-4-7(2)8/h1,7H,4-6,8H2,2H3. The third-order valence-corrected chi connectivity index (χ3v) is 2.65. The van der Waals surface area contributed by atoms with Gasteiger partial charge < -0.3 is 5.73 Å². The van der Waals surface area contributed by atoms with E-state index >= 15 is 0 Å². The lowest BCUT2D eigenvalue weighted by atomic mass is 10.3. The first-order chi connectivity index (χ1) is 4.98. The maximum absolute atomic E-state index is 10.9. The van der Waals surface area contributed by atoms with Crippen molar-refractivity contribution in [3.05, 3.63) is 0 Å². The van der Waals surface area contributed by atoms with Gasteiger partial charge in [-0.2, -0.15) is 0 Å². The van der Waals surface area contributed by atoms with Crippen molar-refractivity contribution in [3.63, 3.8) is 0 Å². The predicted molar refractivity (Wildman–Crippen MR) is 45.8 cm³/mol. The Balaban J connectivity index is 3.87. The van der Waals surface area contributed by atoms with Crippen molar-refractivity contribution in [1.82, 2.24) is 0 Å². The summed E-state index contributed by atoms with van der Waals surface area (Å²) in [6.07, 6.45) is 5.34. The Labute approximate surface area is 67.9 Å². The molecule has 4 heteroatoms. The molecule has 3 nitrogen and oxygen atoms in total. The molecule has 0 heterocycles. The van der Waals surface area contributed by atoms with Crippen molar-refractivity contribution in [1.29, 1.82) is 0 Å². The van der Waals surface area contributed by atoms with E-state index in [1.54, 1.807) is 6.92 Å². The SMILES string of the molecule is C#CCS(=O)(=O)CCC(C)N. The summed E-state index contributed by atoms with van der Waals surface area (Å²) in [5.41, 5.74) is 5.38. The summed E-state index contributed by atoms with van der Waals surface area (Å²) >= 11 is 0. The molecule has 2 N–H and O–H groups in total. The monoisotopic (exact) mass is 175 g/mol. The Kier molecular flexibility index (Phi) is 4.16. The number of hydrogen-bond donors (Lipinski definition) is 1. The second kappa shape index (κ2) is 4.37. The molecule has 0 aromatic carbocycles. The van der Waals surface area contributed by atoms with Crippen LogP contribution in [0.5, 0.6) is 0 Å². The van der Waals surface area contributed by atoms with Crippen molar-refractivity contribution < 1.29 is 8.42 Å². The predicted octanol–water partition coefficient (Wildman–Crippen LogP) is -0.228. The van der Waals surface area contributed by atoms with Crippen molar-refractivity contribution in [2.24, 2.45) is 5.73 Å². The molecular weight excluding hydrogens is 162 g/mol. The van der Waals surface area contributed by atoms with Crippen LogP contribution in [0.1, 0.15) is 13.3 Å². The van der Waals surface area contributed by atoms with Gasteiger partial charge in [-0.25, -0.2) is 8.42 Å². The molecule has 0 radical (unpaired) electrons. The fourth-order valence-electron chi connectivity index (χ4n) is 0.565. The van der Waals surface area contributed by atoms with Gasteiger partial charge in [-0.3, -0.25) is 0 Å². The van der Waals surface area contributed by atoms with Gasteiger partial charge in [-0.05, 0) is 13.3 Å². The number of terminal acetylenes is 1. The summed E-state index contributed by atoms with van der Waals surface area (Å²) in [5, 5.41) is 0. The molecule has 0 saturated heterocycles. The topological polar surface area (TPSA) is 60.2 Å². The van der Waals surface area contributed by atoms with E-state index in [-0.39, 0.29) is 17.5 Å². The molecule has 0 aliphatic heterocycles. The highest BCUT2D eigenvalue weighted by atomic mass is 32.2. The highest BCUT2D eigenvalue weighted by Gasteiger charge is 2.09. The maximum Gasteiger partial charge on any atom is 0.161 e. The molecule has 64 valence electrons. The van der Waals surface area contributed by atoms with E-state index in [4.69, 9.17) is 12.2 Å². The van der Waals surface area contributed by atoms with Gasteiger partial charge >= 0.3 is 0 Å². The lowest BCUT2D eigenvalue weighted by molar-refractivity contribution is 0.591. The first-order valence-electron chi connectivity index (χ1n) is 3.37. The second-order valence-corrected chi connectivity index (χ2v) is 4.75. The fourth-order valence-corrected chi connectivity index (χ4v) is 1.69. The van der Waals surface area contributed by atoms with Gasteiger partial charge in [0, 0.05) is 6.04 Å². The second-order valence-electron chi connectivity index (χ2n) is 2.56. The van der Waals surface area contributed by atoms with Crippen LogP contribution >= 0.6 is 0 Å². The van der Waals surface area contributed by atoms with E-state index in [1.165, 1.54) is 0 Å². The van der Waals surface area contributed by atoms with Crippen LogP contribution in [0.2, 0.25) is 0 Å². The highest BCUT2D eigenvalue weighted by molar-refractivity contribution is 7.91. The molecule has 0 spiro atoms. The summed E-state index contributed by atoms with van der Waals surface area (Å²) in [6, 6.07) is -0.0810. The van der Waals surface area contributed by atoms with Crippen molar-refractivity contribution >= 4 is 9.84 Å². The number of sulfone groups is 1. The molecular formula is C7H13NO2S. The molecule has 0 rings (SSSR count). The Bertz CT molecular complexity index is 236. The number of hydrogen-bond acceptors (Lipinski definition) is 3. The van der Waals surface area contributed by atoms with Gasteiger partial charge in [0.15, 0.2) is 9.84 Å². The van der Waals surface area contributed by atoms with Crippen LogP contribution in [0.25, 0.3) is 0 Å². The van der Waals surface area contributed by atoms with Gasteiger partial charge in [0.1, 0.15) is 5.75 Å². The third kappa shape index (κ3) is 5.89. The van der Waals surface area contributed by atoms with Crippen LogP contribution in [0, 0.1) is 12.3 Å². The first-order valence-corrected chi connectivity index (χ1v) is 5.19.